The first-order chi connectivity index (χ1) is 11.1. The fraction of sp³-hybridized carbons (Fsp3) is 0.176. The van der Waals surface area contributed by atoms with Gasteiger partial charge < -0.3 is 4.74 Å². The van der Waals surface area contributed by atoms with E-state index in [2.05, 4.69) is 41.5 Å². The number of hydrogen-bond acceptors (Lipinski definition) is 5. The number of hydrogen-bond donors (Lipinski definition) is 1. The Hall–Kier alpha value is -2.05. The molecule has 23 heavy (non-hydrogen) atoms. The molecule has 0 saturated heterocycles. The summed E-state index contributed by atoms with van der Waals surface area (Å²) in [6.07, 6.45) is -0.439. The fourth-order valence-electron chi connectivity index (χ4n) is 2.02. The maximum atomic E-state index is 11.5. The second-order valence-electron chi connectivity index (χ2n) is 4.92. The lowest BCUT2D eigenvalue weighted by atomic mass is 10.2. The number of thiazole rings is 1. The smallest absolute Gasteiger partial charge is 0.411 e. The van der Waals surface area contributed by atoms with Gasteiger partial charge in [-0.1, -0.05) is 29.5 Å². The van der Waals surface area contributed by atoms with E-state index in [1.165, 1.54) is 10.5 Å². The lowest BCUT2D eigenvalue weighted by molar-refractivity contribution is 0.168. The summed E-state index contributed by atoms with van der Waals surface area (Å²) in [5.41, 5.74) is 2.89. The second kappa shape index (κ2) is 7.02. The Bertz CT molecular complexity index is 828. The zero-order valence-corrected chi connectivity index (χ0v) is 14.5. The molecule has 1 heterocycles. The van der Waals surface area contributed by atoms with Gasteiger partial charge in [-0.2, -0.15) is 0 Å². The predicted octanol–water partition coefficient (Wildman–Crippen LogP) is 5.32. The van der Waals surface area contributed by atoms with Crippen LogP contribution in [0.15, 0.2) is 51.7 Å². The highest BCUT2D eigenvalue weighted by Crippen LogP contribution is 2.35. The van der Waals surface area contributed by atoms with E-state index in [1.54, 1.807) is 30.0 Å². The molecule has 0 aliphatic rings. The number of rotatable bonds is 4. The summed E-state index contributed by atoms with van der Waals surface area (Å²) in [7, 11) is 0. The Kier molecular flexibility index (Phi) is 4.83. The minimum Gasteiger partial charge on any atom is -0.450 e. The van der Waals surface area contributed by atoms with Gasteiger partial charge in [0.1, 0.15) is 0 Å². The molecule has 1 amide bonds. The minimum absolute atomic E-state index is 0.353. The highest BCUT2D eigenvalue weighted by atomic mass is 32.2. The lowest BCUT2D eigenvalue weighted by Gasteiger charge is -2.04. The third-order valence-electron chi connectivity index (χ3n) is 3.12. The van der Waals surface area contributed by atoms with Crippen molar-refractivity contribution in [2.75, 3.05) is 11.9 Å². The Balaban J connectivity index is 1.78. The van der Waals surface area contributed by atoms with Gasteiger partial charge in [0.15, 0.2) is 4.34 Å². The highest BCUT2D eigenvalue weighted by Gasteiger charge is 2.08. The average molecular weight is 344 g/mol. The van der Waals surface area contributed by atoms with E-state index in [0.29, 0.717) is 12.3 Å². The number of carbonyl (C=O) groups excluding carboxylic acids is 1. The van der Waals surface area contributed by atoms with Crippen LogP contribution in [-0.2, 0) is 4.74 Å². The number of benzene rings is 2. The van der Waals surface area contributed by atoms with Crippen LogP contribution in [0, 0.1) is 6.92 Å². The van der Waals surface area contributed by atoms with Crippen molar-refractivity contribution in [3.05, 3.63) is 48.0 Å². The number of fused-ring (bicyclic) bond motifs is 1. The maximum Gasteiger partial charge on any atom is 0.411 e. The number of anilines is 1. The van der Waals surface area contributed by atoms with E-state index in [1.807, 2.05) is 18.2 Å². The Morgan fingerprint density at radius 2 is 2.04 bits per heavy atom. The molecule has 4 nitrogen and oxygen atoms in total. The van der Waals surface area contributed by atoms with Gasteiger partial charge in [0.05, 0.1) is 16.8 Å². The average Bonchev–Trinajstić information content (AvgIpc) is 2.91. The van der Waals surface area contributed by atoms with Crippen LogP contribution in [0.25, 0.3) is 10.2 Å². The number of carbonyl (C=O) groups is 1. The predicted molar refractivity (Wildman–Crippen MR) is 95.6 cm³/mol. The third kappa shape index (κ3) is 4.03. The highest BCUT2D eigenvalue weighted by molar-refractivity contribution is 8.01. The third-order valence-corrected chi connectivity index (χ3v) is 5.20. The molecule has 0 aliphatic heterocycles. The molecular formula is C17H16N2O2S2. The summed E-state index contributed by atoms with van der Waals surface area (Å²) >= 11 is 3.26. The van der Waals surface area contributed by atoms with Gasteiger partial charge in [0.2, 0.25) is 0 Å². The van der Waals surface area contributed by atoms with Gasteiger partial charge in [0.25, 0.3) is 0 Å². The van der Waals surface area contributed by atoms with Gasteiger partial charge in [-0.05, 0) is 44.2 Å². The van der Waals surface area contributed by atoms with Crippen LogP contribution >= 0.6 is 23.1 Å². The molecule has 0 spiro atoms. The van der Waals surface area contributed by atoms with Gasteiger partial charge in [0, 0.05) is 10.6 Å². The molecule has 0 atom stereocenters. The zero-order chi connectivity index (χ0) is 16.2. The van der Waals surface area contributed by atoms with Crippen LogP contribution in [0.2, 0.25) is 0 Å². The molecule has 0 bridgehead atoms. The van der Waals surface area contributed by atoms with E-state index < -0.39 is 6.09 Å². The molecule has 0 fully saturated rings. The molecule has 0 unspecified atom stereocenters. The number of aromatic nitrogens is 1. The first-order valence-electron chi connectivity index (χ1n) is 7.23. The summed E-state index contributed by atoms with van der Waals surface area (Å²) in [5.74, 6) is 0. The van der Waals surface area contributed by atoms with Crippen molar-refractivity contribution in [2.24, 2.45) is 0 Å². The normalized spacial score (nSPS) is 10.7. The summed E-state index contributed by atoms with van der Waals surface area (Å²) in [6.45, 7) is 4.21. The maximum absolute atomic E-state index is 11.5. The summed E-state index contributed by atoms with van der Waals surface area (Å²) < 4.78 is 6.90. The molecule has 0 radical (unpaired) electrons. The van der Waals surface area contributed by atoms with E-state index in [-0.39, 0.29) is 0 Å². The van der Waals surface area contributed by atoms with Crippen molar-refractivity contribution in [2.45, 2.75) is 23.1 Å². The molecule has 6 heteroatoms. The zero-order valence-electron chi connectivity index (χ0n) is 12.8. The van der Waals surface area contributed by atoms with Crippen LogP contribution in [0.4, 0.5) is 10.5 Å². The van der Waals surface area contributed by atoms with Crippen LogP contribution < -0.4 is 5.32 Å². The number of aryl methyl sites for hydroxylation is 1. The van der Waals surface area contributed by atoms with Gasteiger partial charge in [-0.15, -0.1) is 11.3 Å². The summed E-state index contributed by atoms with van der Waals surface area (Å²) in [6, 6.07) is 14.0. The Morgan fingerprint density at radius 1 is 1.26 bits per heavy atom. The second-order valence-corrected chi connectivity index (χ2v) is 7.27. The monoisotopic (exact) mass is 344 g/mol. The molecule has 1 N–H and O–H groups in total. The lowest BCUT2D eigenvalue weighted by Crippen LogP contribution is -2.12. The van der Waals surface area contributed by atoms with Gasteiger partial charge in [-0.25, -0.2) is 9.78 Å². The number of nitrogens with zero attached hydrogens (tertiary/aromatic N) is 1. The molecular weight excluding hydrogens is 328 g/mol. The van der Waals surface area contributed by atoms with E-state index >= 15 is 0 Å². The standard InChI is InChI=1S/C17H16N2O2S2/c1-3-21-16(20)18-12-6-9-14-15(10-12)23-17(19-14)22-13-7-4-11(2)5-8-13/h4-10H,3H2,1-2H3,(H,18,20). The molecule has 1 aromatic heterocycles. The van der Waals surface area contributed by atoms with Crippen molar-refractivity contribution >= 4 is 45.1 Å². The topological polar surface area (TPSA) is 51.2 Å². The van der Waals surface area contributed by atoms with Crippen LogP contribution in [0.1, 0.15) is 12.5 Å². The Morgan fingerprint density at radius 3 is 2.78 bits per heavy atom. The minimum atomic E-state index is -0.439. The van der Waals surface area contributed by atoms with Gasteiger partial charge >= 0.3 is 6.09 Å². The first-order valence-corrected chi connectivity index (χ1v) is 8.86. The molecule has 2 aromatic carbocycles. The number of nitrogens with one attached hydrogen (secondary N) is 1. The number of amides is 1. The SMILES string of the molecule is CCOC(=O)Nc1ccc2nc(Sc3ccc(C)cc3)sc2c1. The van der Waals surface area contributed by atoms with Crippen molar-refractivity contribution in [1.82, 2.24) is 4.98 Å². The van der Waals surface area contributed by atoms with Crippen molar-refractivity contribution in [1.29, 1.82) is 0 Å². The first kappa shape index (κ1) is 15.8. The van der Waals surface area contributed by atoms with E-state index in [9.17, 15) is 4.79 Å². The molecule has 118 valence electrons. The van der Waals surface area contributed by atoms with E-state index in [4.69, 9.17) is 4.74 Å². The molecule has 3 rings (SSSR count). The largest absolute Gasteiger partial charge is 0.450 e. The van der Waals surface area contributed by atoms with Crippen molar-refractivity contribution < 1.29 is 9.53 Å². The molecule has 0 saturated carbocycles. The summed E-state index contributed by atoms with van der Waals surface area (Å²) in [4.78, 5) is 17.3. The van der Waals surface area contributed by atoms with Crippen LogP contribution in [0.3, 0.4) is 0 Å². The van der Waals surface area contributed by atoms with E-state index in [0.717, 1.165) is 14.6 Å². The van der Waals surface area contributed by atoms with Gasteiger partial charge in [-0.3, -0.25) is 5.32 Å². The van der Waals surface area contributed by atoms with Crippen LogP contribution in [-0.4, -0.2) is 17.7 Å². The molecule has 0 aliphatic carbocycles. The summed E-state index contributed by atoms with van der Waals surface area (Å²) in [5, 5.41) is 2.71. The fourth-order valence-corrected chi connectivity index (χ4v) is 4.10. The van der Waals surface area contributed by atoms with Crippen LogP contribution in [0.5, 0.6) is 0 Å². The molecule has 3 aromatic rings. The Labute approximate surface area is 142 Å². The quantitative estimate of drug-likeness (QED) is 0.695. The number of ether oxygens (including phenoxy) is 1. The van der Waals surface area contributed by atoms with Crippen molar-refractivity contribution in [3.63, 3.8) is 0 Å². The van der Waals surface area contributed by atoms with Crippen molar-refractivity contribution in [3.8, 4) is 0 Å².